The first kappa shape index (κ1) is 22.6. The number of para-hydroxylation sites is 1. The lowest BCUT2D eigenvalue weighted by Gasteiger charge is -2.12. The number of benzene rings is 3. The monoisotopic (exact) mass is 430 g/mol. The van der Waals surface area contributed by atoms with Crippen molar-refractivity contribution < 1.29 is 19.1 Å². The van der Waals surface area contributed by atoms with E-state index >= 15 is 0 Å². The maximum atomic E-state index is 12.8. The number of aryl methyl sites for hydroxylation is 1. The molecule has 0 aliphatic heterocycles. The minimum atomic E-state index is -0.409. The second kappa shape index (κ2) is 11.4. The molecule has 0 bridgehead atoms. The van der Waals surface area contributed by atoms with E-state index < -0.39 is 5.91 Å². The smallest absolute Gasteiger partial charge is 0.272 e. The first-order valence-electron chi connectivity index (χ1n) is 10.3. The zero-order chi connectivity index (χ0) is 22.8. The van der Waals surface area contributed by atoms with Gasteiger partial charge >= 0.3 is 0 Å². The molecule has 0 heterocycles. The molecule has 0 aliphatic carbocycles. The summed E-state index contributed by atoms with van der Waals surface area (Å²) in [5.74, 6) is 0.731. The number of nitrogens with one attached hydrogen (secondary N) is 2. The van der Waals surface area contributed by atoms with Gasteiger partial charge in [0.2, 0.25) is 5.91 Å². The first-order valence-corrected chi connectivity index (χ1v) is 10.3. The van der Waals surface area contributed by atoms with E-state index in [1.807, 2.05) is 61.5 Å². The van der Waals surface area contributed by atoms with Crippen molar-refractivity contribution in [2.24, 2.45) is 0 Å². The molecule has 0 aliphatic rings. The first-order chi connectivity index (χ1) is 15.5. The molecule has 3 aromatic rings. The standard InChI is InChI=1S/C26H26N2O4/c1-19-8-6-7-9-21(19)18-25(27-20(2)29)26(30)28-22-12-14-24(15-13-22)32-17-16-31-23-10-4-3-5-11-23/h3-15,18H,16-17H2,1-2H3,(H,27,29)(H,28,30). The Hall–Kier alpha value is -4.06. The van der Waals surface area contributed by atoms with Crippen LogP contribution in [0.4, 0.5) is 5.69 Å². The van der Waals surface area contributed by atoms with Crippen LogP contribution in [0.2, 0.25) is 0 Å². The second-order valence-electron chi connectivity index (χ2n) is 7.08. The van der Waals surface area contributed by atoms with Crippen molar-refractivity contribution in [1.82, 2.24) is 5.32 Å². The molecule has 0 aromatic heterocycles. The van der Waals surface area contributed by atoms with Gasteiger partial charge in [-0.2, -0.15) is 0 Å². The van der Waals surface area contributed by atoms with Crippen LogP contribution in [-0.2, 0) is 9.59 Å². The highest BCUT2D eigenvalue weighted by molar-refractivity contribution is 6.08. The molecule has 0 spiro atoms. The van der Waals surface area contributed by atoms with E-state index in [0.29, 0.717) is 24.7 Å². The van der Waals surface area contributed by atoms with Crippen molar-refractivity contribution in [2.75, 3.05) is 18.5 Å². The van der Waals surface area contributed by atoms with Crippen molar-refractivity contribution >= 4 is 23.6 Å². The Morgan fingerprint density at radius 3 is 2.03 bits per heavy atom. The molecule has 2 N–H and O–H groups in total. The molecule has 2 amide bonds. The molecule has 3 aromatic carbocycles. The Morgan fingerprint density at radius 1 is 0.812 bits per heavy atom. The van der Waals surface area contributed by atoms with Gasteiger partial charge in [-0.3, -0.25) is 9.59 Å². The fourth-order valence-corrected chi connectivity index (χ4v) is 2.92. The second-order valence-corrected chi connectivity index (χ2v) is 7.08. The minimum Gasteiger partial charge on any atom is -0.490 e. The highest BCUT2D eigenvalue weighted by atomic mass is 16.5. The van der Waals surface area contributed by atoms with Crippen molar-refractivity contribution in [3.05, 3.63) is 95.7 Å². The molecule has 6 nitrogen and oxygen atoms in total. The third-order valence-electron chi connectivity index (χ3n) is 4.52. The van der Waals surface area contributed by atoms with Gasteiger partial charge < -0.3 is 20.1 Å². The Kier molecular flexibility index (Phi) is 8.03. The van der Waals surface area contributed by atoms with E-state index in [0.717, 1.165) is 16.9 Å². The van der Waals surface area contributed by atoms with Gasteiger partial charge in [0.15, 0.2) is 0 Å². The number of carbonyl (C=O) groups excluding carboxylic acids is 2. The number of hydrogen-bond acceptors (Lipinski definition) is 4. The van der Waals surface area contributed by atoms with Gasteiger partial charge in [0.1, 0.15) is 30.4 Å². The Morgan fingerprint density at radius 2 is 1.41 bits per heavy atom. The molecule has 0 saturated carbocycles. The maximum Gasteiger partial charge on any atom is 0.272 e. The zero-order valence-corrected chi connectivity index (χ0v) is 18.1. The van der Waals surface area contributed by atoms with Gasteiger partial charge in [0.25, 0.3) is 5.91 Å². The summed E-state index contributed by atoms with van der Waals surface area (Å²) in [7, 11) is 0. The lowest BCUT2D eigenvalue weighted by Crippen LogP contribution is -2.29. The summed E-state index contributed by atoms with van der Waals surface area (Å²) in [6.45, 7) is 4.13. The summed E-state index contributed by atoms with van der Waals surface area (Å²) in [6, 6.07) is 24.2. The van der Waals surface area contributed by atoms with Gasteiger partial charge in [-0.15, -0.1) is 0 Å². The Labute approximate surface area is 187 Å². The number of anilines is 1. The van der Waals surface area contributed by atoms with E-state index in [2.05, 4.69) is 10.6 Å². The van der Waals surface area contributed by atoms with Crippen molar-refractivity contribution in [2.45, 2.75) is 13.8 Å². The van der Waals surface area contributed by atoms with Crippen molar-refractivity contribution in [1.29, 1.82) is 0 Å². The lowest BCUT2D eigenvalue weighted by atomic mass is 10.1. The van der Waals surface area contributed by atoms with Gasteiger partial charge in [-0.05, 0) is 60.5 Å². The predicted molar refractivity (Wildman–Crippen MR) is 125 cm³/mol. The largest absolute Gasteiger partial charge is 0.490 e. The molecule has 164 valence electrons. The van der Waals surface area contributed by atoms with Crippen molar-refractivity contribution in [3.8, 4) is 11.5 Å². The van der Waals surface area contributed by atoms with Crippen LogP contribution in [0.5, 0.6) is 11.5 Å². The molecular formula is C26H26N2O4. The summed E-state index contributed by atoms with van der Waals surface area (Å²) in [5.41, 5.74) is 2.61. The lowest BCUT2D eigenvalue weighted by molar-refractivity contribution is -0.120. The van der Waals surface area contributed by atoms with Crippen LogP contribution in [0.3, 0.4) is 0 Å². The fourth-order valence-electron chi connectivity index (χ4n) is 2.92. The van der Waals surface area contributed by atoms with Crippen LogP contribution in [-0.4, -0.2) is 25.0 Å². The van der Waals surface area contributed by atoms with Crippen molar-refractivity contribution in [3.63, 3.8) is 0 Å². The molecule has 0 atom stereocenters. The average molecular weight is 431 g/mol. The van der Waals surface area contributed by atoms with Gasteiger partial charge in [-0.25, -0.2) is 0 Å². The summed E-state index contributed by atoms with van der Waals surface area (Å²) in [6.07, 6.45) is 1.66. The third-order valence-corrected chi connectivity index (χ3v) is 4.52. The van der Waals surface area contributed by atoms with E-state index in [4.69, 9.17) is 9.47 Å². The summed E-state index contributed by atoms with van der Waals surface area (Å²) >= 11 is 0. The molecule has 32 heavy (non-hydrogen) atoms. The minimum absolute atomic E-state index is 0.171. The van der Waals surface area contributed by atoms with E-state index in [-0.39, 0.29) is 11.6 Å². The summed E-state index contributed by atoms with van der Waals surface area (Å²) in [4.78, 5) is 24.3. The van der Waals surface area contributed by atoms with Gasteiger partial charge in [0, 0.05) is 12.6 Å². The third kappa shape index (κ3) is 7.02. The summed E-state index contributed by atoms with van der Waals surface area (Å²) < 4.78 is 11.3. The number of hydrogen-bond donors (Lipinski definition) is 2. The van der Waals surface area contributed by atoms with Crippen LogP contribution in [0, 0.1) is 6.92 Å². The molecule has 0 fully saturated rings. The van der Waals surface area contributed by atoms with E-state index in [1.165, 1.54) is 6.92 Å². The zero-order valence-electron chi connectivity index (χ0n) is 18.1. The SMILES string of the molecule is CC(=O)NC(=Cc1ccccc1C)C(=O)Nc1ccc(OCCOc2ccccc2)cc1. The van der Waals surface area contributed by atoms with E-state index in [9.17, 15) is 9.59 Å². The normalized spacial score (nSPS) is 10.9. The number of ether oxygens (including phenoxy) is 2. The van der Waals surface area contributed by atoms with Crippen LogP contribution < -0.4 is 20.1 Å². The highest BCUT2D eigenvalue weighted by Gasteiger charge is 2.12. The highest BCUT2D eigenvalue weighted by Crippen LogP contribution is 2.17. The van der Waals surface area contributed by atoms with Crippen LogP contribution in [0.1, 0.15) is 18.1 Å². The maximum absolute atomic E-state index is 12.8. The van der Waals surface area contributed by atoms with E-state index in [1.54, 1.807) is 30.3 Å². The molecule has 0 radical (unpaired) electrons. The number of rotatable bonds is 9. The molecule has 0 saturated heterocycles. The average Bonchev–Trinajstić information content (AvgIpc) is 2.79. The van der Waals surface area contributed by atoms with Crippen LogP contribution in [0.25, 0.3) is 6.08 Å². The Bertz CT molecular complexity index is 1080. The molecule has 3 rings (SSSR count). The van der Waals surface area contributed by atoms with Crippen LogP contribution >= 0.6 is 0 Å². The molecular weight excluding hydrogens is 404 g/mol. The molecule has 6 heteroatoms. The summed E-state index contributed by atoms with van der Waals surface area (Å²) in [5, 5.41) is 5.41. The topological polar surface area (TPSA) is 76.7 Å². The molecule has 0 unspecified atom stereocenters. The quantitative estimate of drug-likeness (QED) is 0.385. The fraction of sp³-hybridized carbons (Fsp3) is 0.154. The number of carbonyl (C=O) groups is 2. The number of amides is 2. The Balaban J connectivity index is 1.57. The predicted octanol–water partition coefficient (Wildman–Crippen LogP) is 4.57. The van der Waals surface area contributed by atoms with Crippen LogP contribution in [0.15, 0.2) is 84.6 Å². The van der Waals surface area contributed by atoms with Gasteiger partial charge in [0.05, 0.1) is 0 Å². The van der Waals surface area contributed by atoms with Gasteiger partial charge in [-0.1, -0.05) is 42.5 Å².